The third-order valence-corrected chi connectivity index (χ3v) is 6.86. The van der Waals surface area contributed by atoms with Gasteiger partial charge in [-0.15, -0.1) is 0 Å². The molecule has 5 rings (SSSR count). The van der Waals surface area contributed by atoms with E-state index in [1.165, 1.54) is 0 Å². The number of rotatable bonds is 3. The van der Waals surface area contributed by atoms with E-state index in [0.717, 1.165) is 24.1 Å². The Balaban J connectivity index is 1.16. The van der Waals surface area contributed by atoms with E-state index in [0.29, 0.717) is 43.2 Å². The number of benzene rings is 1. The topological polar surface area (TPSA) is 88.5 Å². The number of hydrogen-bond donors (Lipinski definition) is 2. The van der Waals surface area contributed by atoms with E-state index in [1.807, 2.05) is 54.0 Å². The molecule has 2 aromatic rings. The molecule has 3 unspecified atom stereocenters. The van der Waals surface area contributed by atoms with Crippen molar-refractivity contribution >= 4 is 11.7 Å². The van der Waals surface area contributed by atoms with Crippen molar-refractivity contribution in [2.75, 3.05) is 13.1 Å². The summed E-state index contributed by atoms with van der Waals surface area (Å²) in [6, 6.07) is 7.33. The molecule has 0 aliphatic carbocycles. The number of nitrogens with one attached hydrogen (secondary N) is 2. The average molecular weight is 424 g/mol. The number of para-hydroxylation sites is 1. The van der Waals surface area contributed by atoms with E-state index in [-0.39, 0.29) is 29.9 Å². The second-order valence-electron chi connectivity index (χ2n) is 8.92. The van der Waals surface area contributed by atoms with Crippen LogP contribution < -0.4 is 15.6 Å². The summed E-state index contributed by atoms with van der Waals surface area (Å²) in [6.45, 7) is 3.40. The number of hydrogen-bond acceptors (Lipinski definition) is 6. The number of hydrazine groups is 1. The van der Waals surface area contributed by atoms with Crippen molar-refractivity contribution in [2.45, 2.75) is 50.8 Å². The highest BCUT2D eigenvalue weighted by atomic mass is 16.5. The largest absolute Gasteiger partial charge is 0.489 e. The summed E-state index contributed by atoms with van der Waals surface area (Å²) >= 11 is 0. The maximum Gasteiger partial charge on any atom is 0.241 e. The SMILES string of the molecule is Cc1nn(C)cc1C1CC(C(=O)N2CCC(C3CC(=O)c4ccccc4O3)CC2)NN1. The molecule has 164 valence electrons. The van der Waals surface area contributed by atoms with Gasteiger partial charge in [-0.3, -0.25) is 14.3 Å². The van der Waals surface area contributed by atoms with Crippen LogP contribution in [0.15, 0.2) is 30.5 Å². The minimum Gasteiger partial charge on any atom is -0.489 e. The fourth-order valence-electron chi connectivity index (χ4n) is 5.15. The Morgan fingerprint density at radius 2 is 1.97 bits per heavy atom. The van der Waals surface area contributed by atoms with Crippen molar-refractivity contribution in [3.63, 3.8) is 0 Å². The van der Waals surface area contributed by atoms with Crippen molar-refractivity contribution < 1.29 is 14.3 Å². The maximum atomic E-state index is 13.1. The van der Waals surface area contributed by atoms with Gasteiger partial charge in [0.1, 0.15) is 17.9 Å². The number of Topliss-reactive ketones (excluding diaryl/α,β-unsaturated/α-hetero) is 1. The van der Waals surface area contributed by atoms with Crippen LogP contribution in [0.25, 0.3) is 0 Å². The molecule has 3 atom stereocenters. The van der Waals surface area contributed by atoms with Crippen LogP contribution in [-0.2, 0) is 11.8 Å². The Bertz CT molecular complexity index is 995. The van der Waals surface area contributed by atoms with Crippen LogP contribution in [0.1, 0.15) is 53.3 Å². The van der Waals surface area contributed by atoms with Gasteiger partial charge in [0.05, 0.1) is 17.3 Å². The smallest absolute Gasteiger partial charge is 0.241 e. The Kier molecular flexibility index (Phi) is 5.27. The highest BCUT2D eigenvalue weighted by Gasteiger charge is 2.38. The van der Waals surface area contributed by atoms with Crippen LogP contribution in [0, 0.1) is 12.8 Å². The van der Waals surface area contributed by atoms with Crippen LogP contribution in [0.2, 0.25) is 0 Å². The number of fused-ring (bicyclic) bond motifs is 1. The number of nitrogens with zero attached hydrogens (tertiary/aromatic N) is 3. The third kappa shape index (κ3) is 3.85. The quantitative estimate of drug-likeness (QED) is 0.784. The van der Waals surface area contributed by atoms with Crippen molar-refractivity contribution in [3.05, 3.63) is 47.3 Å². The minimum absolute atomic E-state index is 0.0851. The number of piperidine rings is 1. The summed E-state index contributed by atoms with van der Waals surface area (Å²) in [5.74, 6) is 1.28. The molecule has 3 aliphatic rings. The molecule has 8 nitrogen and oxygen atoms in total. The molecule has 2 fully saturated rings. The Morgan fingerprint density at radius 1 is 1.19 bits per heavy atom. The lowest BCUT2D eigenvalue weighted by molar-refractivity contribution is -0.135. The molecule has 2 N–H and O–H groups in total. The molecular weight excluding hydrogens is 394 g/mol. The number of carbonyl (C=O) groups excluding carboxylic acids is 2. The van der Waals surface area contributed by atoms with E-state index >= 15 is 0 Å². The second kappa shape index (κ2) is 8.09. The van der Waals surface area contributed by atoms with Crippen LogP contribution in [-0.4, -0.2) is 51.6 Å². The molecule has 0 bridgehead atoms. The normalized spacial score (nSPS) is 26.6. The van der Waals surface area contributed by atoms with Gasteiger partial charge in [0.2, 0.25) is 5.91 Å². The van der Waals surface area contributed by atoms with Crippen molar-refractivity contribution in [3.8, 4) is 5.75 Å². The van der Waals surface area contributed by atoms with Crippen LogP contribution in [0.3, 0.4) is 0 Å². The van der Waals surface area contributed by atoms with Crippen LogP contribution in [0.4, 0.5) is 0 Å². The fraction of sp³-hybridized carbons (Fsp3) is 0.522. The lowest BCUT2D eigenvalue weighted by atomic mass is 9.85. The zero-order valence-corrected chi connectivity index (χ0v) is 18.0. The molecule has 1 aromatic carbocycles. The van der Waals surface area contributed by atoms with E-state index in [9.17, 15) is 9.59 Å². The summed E-state index contributed by atoms with van der Waals surface area (Å²) in [5, 5.41) is 4.41. The molecular formula is C23H29N5O3. The second-order valence-corrected chi connectivity index (χ2v) is 8.92. The fourth-order valence-corrected chi connectivity index (χ4v) is 5.15. The lowest BCUT2D eigenvalue weighted by Gasteiger charge is -2.38. The van der Waals surface area contributed by atoms with Crippen molar-refractivity contribution in [2.24, 2.45) is 13.0 Å². The van der Waals surface area contributed by atoms with Gasteiger partial charge in [-0.25, -0.2) is 10.9 Å². The molecule has 1 amide bonds. The molecule has 8 heteroatoms. The average Bonchev–Trinajstić information content (AvgIpc) is 3.39. The number of amides is 1. The Hall–Kier alpha value is -2.71. The number of likely N-dealkylation sites (tertiary alicyclic amines) is 1. The van der Waals surface area contributed by atoms with E-state index in [2.05, 4.69) is 16.0 Å². The summed E-state index contributed by atoms with van der Waals surface area (Å²) in [5.41, 5.74) is 9.24. The van der Waals surface area contributed by atoms with Gasteiger partial charge in [-0.1, -0.05) is 12.1 Å². The monoisotopic (exact) mass is 423 g/mol. The van der Waals surface area contributed by atoms with Crippen molar-refractivity contribution in [1.82, 2.24) is 25.5 Å². The lowest BCUT2D eigenvalue weighted by Crippen LogP contribution is -2.50. The first-order valence-electron chi connectivity index (χ1n) is 11.1. The highest BCUT2D eigenvalue weighted by molar-refractivity contribution is 5.99. The summed E-state index contributed by atoms with van der Waals surface area (Å²) in [6.07, 6.45) is 4.77. The van der Waals surface area contributed by atoms with Gasteiger partial charge in [0.15, 0.2) is 5.78 Å². The first-order valence-corrected chi connectivity index (χ1v) is 11.1. The number of aromatic nitrogens is 2. The van der Waals surface area contributed by atoms with Crippen LogP contribution in [0.5, 0.6) is 5.75 Å². The standard InChI is InChI=1S/C23H29N5O3/c1-14-17(13-27(2)26-14)18-11-19(25-24-18)23(30)28-9-7-15(8-10-28)22-12-20(29)16-5-3-4-6-21(16)31-22/h3-6,13,15,18-19,22,24-25H,7-12H2,1-2H3. The van der Waals surface area contributed by atoms with Crippen molar-refractivity contribution in [1.29, 1.82) is 0 Å². The molecule has 0 spiro atoms. The van der Waals surface area contributed by atoms with Gasteiger partial charge in [-0.05, 0) is 44.2 Å². The number of aryl methyl sites for hydroxylation is 2. The highest BCUT2D eigenvalue weighted by Crippen LogP contribution is 2.34. The molecule has 4 heterocycles. The van der Waals surface area contributed by atoms with E-state index < -0.39 is 0 Å². The number of ether oxygens (including phenoxy) is 1. The first-order chi connectivity index (χ1) is 15.0. The molecule has 0 radical (unpaired) electrons. The molecule has 1 aromatic heterocycles. The summed E-state index contributed by atoms with van der Waals surface area (Å²) < 4.78 is 7.97. The van der Waals surface area contributed by atoms with Gasteiger partial charge in [0, 0.05) is 38.3 Å². The third-order valence-electron chi connectivity index (χ3n) is 6.86. The van der Waals surface area contributed by atoms with Gasteiger partial charge < -0.3 is 9.64 Å². The Morgan fingerprint density at radius 3 is 2.71 bits per heavy atom. The zero-order chi connectivity index (χ0) is 21.5. The number of ketones is 1. The molecule has 0 saturated carbocycles. The number of carbonyl (C=O) groups is 2. The minimum atomic E-state index is -0.236. The van der Waals surface area contributed by atoms with Gasteiger partial charge in [-0.2, -0.15) is 5.10 Å². The summed E-state index contributed by atoms with van der Waals surface area (Å²) in [7, 11) is 1.91. The predicted molar refractivity (Wildman–Crippen MR) is 114 cm³/mol. The molecule has 2 saturated heterocycles. The summed E-state index contributed by atoms with van der Waals surface area (Å²) in [4.78, 5) is 27.5. The van der Waals surface area contributed by atoms with E-state index in [4.69, 9.17) is 4.74 Å². The first kappa shape index (κ1) is 20.2. The van der Waals surface area contributed by atoms with Gasteiger partial charge >= 0.3 is 0 Å². The molecule has 3 aliphatic heterocycles. The molecule has 31 heavy (non-hydrogen) atoms. The zero-order valence-electron chi connectivity index (χ0n) is 18.0. The van der Waals surface area contributed by atoms with Gasteiger partial charge in [0.25, 0.3) is 0 Å². The maximum absolute atomic E-state index is 13.1. The van der Waals surface area contributed by atoms with Crippen LogP contribution >= 0.6 is 0 Å². The Labute approximate surface area is 181 Å². The predicted octanol–water partition coefficient (Wildman–Crippen LogP) is 1.91. The van der Waals surface area contributed by atoms with E-state index in [1.54, 1.807) is 0 Å².